The first-order valence-corrected chi connectivity index (χ1v) is 17.4. The number of fused-ring (bicyclic) bond motifs is 7. The number of benzene rings is 5. The highest BCUT2D eigenvalue weighted by atomic mass is 16.3. The number of rotatable bonds is 3. The van der Waals surface area contributed by atoms with Crippen LogP contribution in [0.4, 0.5) is 0 Å². The van der Waals surface area contributed by atoms with E-state index >= 15 is 0 Å². The fourth-order valence-corrected chi connectivity index (χ4v) is 7.18. The Hall–Kier alpha value is -5.42. The summed E-state index contributed by atoms with van der Waals surface area (Å²) in [6, 6.07) is 30.3. The number of aryl methyl sites for hydroxylation is 3. The van der Waals surface area contributed by atoms with E-state index in [4.69, 9.17) is 24.4 Å². The van der Waals surface area contributed by atoms with E-state index in [1.807, 2.05) is 6.20 Å². The van der Waals surface area contributed by atoms with Gasteiger partial charge in [0.05, 0.1) is 5.69 Å². The summed E-state index contributed by atoms with van der Waals surface area (Å²) in [7, 11) is 0. The number of furan rings is 1. The lowest BCUT2D eigenvalue weighted by molar-refractivity contribution is 0.497. The van der Waals surface area contributed by atoms with Crippen LogP contribution in [-0.4, -0.2) is 19.9 Å². The molecule has 0 saturated heterocycles. The quantitative estimate of drug-likeness (QED) is 0.177. The van der Waals surface area contributed by atoms with Crippen LogP contribution in [0.2, 0.25) is 0 Å². The molecule has 0 spiro atoms. The molecule has 5 nitrogen and oxygen atoms in total. The molecule has 0 N–H and O–H groups in total. The molecule has 8 aromatic rings. The second-order valence-corrected chi connectivity index (χ2v) is 15.8. The second-order valence-electron chi connectivity index (χ2n) is 15.8. The van der Waals surface area contributed by atoms with Gasteiger partial charge in [-0.15, -0.1) is 0 Å². The number of nitrogens with zero attached hydrogens (tertiary/aromatic N) is 4. The summed E-state index contributed by atoms with van der Waals surface area (Å²) in [6.45, 7) is 19.4. The molecular weight excluding hydrogens is 613 g/mol. The van der Waals surface area contributed by atoms with Crippen LogP contribution in [0.25, 0.3) is 77.3 Å². The topological polar surface area (TPSA) is 64.7 Å². The summed E-state index contributed by atoms with van der Waals surface area (Å²) in [6.07, 6.45) is 1.98. The SMILES string of the molecule is Cc1cnc(-c2cccc3c2oc2c3ccc3c4ccccc4ccc32)cc1-c1c(C)cc(-c2nc(C(C)(C)C)nc(C(C)(C)C)n2)cc1C. The monoisotopic (exact) mass is 654 g/mol. The highest BCUT2D eigenvalue weighted by molar-refractivity contribution is 6.21. The van der Waals surface area contributed by atoms with Gasteiger partial charge in [0.2, 0.25) is 0 Å². The lowest BCUT2D eigenvalue weighted by Crippen LogP contribution is -2.24. The fraction of sp³-hybridized carbons (Fsp3) is 0.244. The van der Waals surface area contributed by atoms with Gasteiger partial charge in [0.25, 0.3) is 0 Å². The predicted octanol–water partition coefficient (Wildman–Crippen LogP) is 12.0. The molecule has 0 aliphatic rings. The molecule has 50 heavy (non-hydrogen) atoms. The zero-order valence-electron chi connectivity index (χ0n) is 30.4. The molecule has 0 unspecified atom stereocenters. The Labute approximate surface area is 293 Å². The molecule has 0 atom stereocenters. The maximum Gasteiger partial charge on any atom is 0.163 e. The van der Waals surface area contributed by atoms with Crippen molar-refractivity contribution in [3.8, 4) is 33.8 Å². The number of hydrogen-bond acceptors (Lipinski definition) is 5. The average Bonchev–Trinajstić information content (AvgIpc) is 3.47. The van der Waals surface area contributed by atoms with E-state index in [1.54, 1.807) is 0 Å². The van der Waals surface area contributed by atoms with Crippen molar-refractivity contribution in [3.63, 3.8) is 0 Å². The van der Waals surface area contributed by atoms with Crippen LogP contribution < -0.4 is 0 Å². The third-order valence-electron chi connectivity index (χ3n) is 9.80. The van der Waals surface area contributed by atoms with Gasteiger partial charge in [-0.2, -0.15) is 0 Å². The van der Waals surface area contributed by atoms with Gasteiger partial charge in [-0.05, 0) is 101 Å². The first kappa shape index (κ1) is 31.8. The third kappa shape index (κ3) is 5.24. The van der Waals surface area contributed by atoms with Crippen molar-refractivity contribution in [2.75, 3.05) is 0 Å². The Morgan fingerprint density at radius 1 is 0.520 bits per heavy atom. The Morgan fingerprint density at radius 2 is 1.12 bits per heavy atom. The zero-order valence-corrected chi connectivity index (χ0v) is 30.4. The van der Waals surface area contributed by atoms with Gasteiger partial charge in [0.1, 0.15) is 22.8 Å². The van der Waals surface area contributed by atoms with E-state index in [2.05, 4.69) is 147 Å². The largest absolute Gasteiger partial charge is 0.455 e. The lowest BCUT2D eigenvalue weighted by Gasteiger charge is -2.23. The van der Waals surface area contributed by atoms with Crippen LogP contribution in [-0.2, 0) is 10.8 Å². The number of pyridine rings is 1. The molecular formula is C45H42N4O. The highest BCUT2D eigenvalue weighted by Gasteiger charge is 2.26. The summed E-state index contributed by atoms with van der Waals surface area (Å²) < 4.78 is 6.80. The van der Waals surface area contributed by atoms with Crippen LogP contribution >= 0.6 is 0 Å². The van der Waals surface area contributed by atoms with Gasteiger partial charge in [0, 0.05) is 44.3 Å². The van der Waals surface area contributed by atoms with Crippen molar-refractivity contribution >= 4 is 43.5 Å². The number of aromatic nitrogens is 4. The molecule has 0 amide bonds. The Kier molecular flexibility index (Phi) is 7.20. The Bertz CT molecular complexity index is 2600. The van der Waals surface area contributed by atoms with Gasteiger partial charge in [-0.3, -0.25) is 4.98 Å². The van der Waals surface area contributed by atoms with Gasteiger partial charge in [-0.25, -0.2) is 15.0 Å². The van der Waals surface area contributed by atoms with Gasteiger partial charge in [-0.1, -0.05) is 90.1 Å². The third-order valence-corrected chi connectivity index (χ3v) is 9.80. The van der Waals surface area contributed by atoms with Crippen molar-refractivity contribution in [1.29, 1.82) is 0 Å². The Morgan fingerprint density at radius 3 is 1.82 bits per heavy atom. The summed E-state index contributed by atoms with van der Waals surface area (Å²) in [5.41, 5.74) is 10.0. The van der Waals surface area contributed by atoms with Crippen molar-refractivity contribution in [2.24, 2.45) is 0 Å². The summed E-state index contributed by atoms with van der Waals surface area (Å²) in [5.74, 6) is 2.34. The van der Waals surface area contributed by atoms with Crippen LogP contribution in [0, 0.1) is 20.8 Å². The van der Waals surface area contributed by atoms with Crippen molar-refractivity contribution in [1.82, 2.24) is 19.9 Å². The lowest BCUT2D eigenvalue weighted by atomic mass is 9.90. The van der Waals surface area contributed by atoms with Crippen molar-refractivity contribution in [2.45, 2.75) is 73.1 Å². The molecule has 5 heteroatoms. The van der Waals surface area contributed by atoms with E-state index in [0.717, 1.165) is 83.9 Å². The minimum atomic E-state index is -0.198. The molecule has 0 radical (unpaired) electrons. The smallest absolute Gasteiger partial charge is 0.163 e. The fourth-order valence-electron chi connectivity index (χ4n) is 7.18. The van der Waals surface area contributed by atoms with E-state index in [-0.39, 0.29) is 10.8 Å². The van der Waals surface area contributed by atoms with E-state index in [1.165, 1.54) is 21.7 Å². The predicted molar refractivity (Wildman–Crippen MR) is 208 cm³/mol. The minimum Gasteiger partial charge on any atom is -0.455 e. The van der Waals surface area contributed by atoms with E-state index in [9.17, 15) is 0 Å². The molecule has 5 aromatic carbocycles. The first-order valence-electron chi connectivity index (χ1n) is 17.4. The molecule has 0 aliphatic carbocycles. The summed E-state index contributed by atoms with van der Waals surface area (Å²) in [4.78, 5) is 19.8. The standard InChI is InChI=1S/C45H42N4O/c1-25-21-29(41-47-42(44(4,5)6)49-43(48-41)45(7,8)9)22-26(2)38(25)36-23-37(46-24-27(36)3)35-16-12-15-32-34-20-19-31-30-14-11-10-13-28(30)17-18-33(31)39(34)50-40(32)35/h10-24H,1-9H3. The maximum absolute atomic E-state index is 6.80. The number of para-hydroxylation sites is 1. The molecule has 0 bridgehead atoms. The molecule has 0 fully saturated rings. The minimum absolute atomic E-state index is 0.198. The van der Waals surface area contributed by atoms with Gasteiger partial charge < -0.3 is 4.42 Å². The summed E-state index contributed by atoms with van der Waals surface area (Å²) >= 11 is 0. The second kappa shape index (κ2) is 11.3. The molecule has 0 saturated carbocycles. The molecule has 8 rings (SSSR count). The first-order chi connectivity index (χ1) is 23.8. The Balaban J connectivity index is 1.26. The van der Waals surface area contributed by atoms with E-state index in [0.29, 0.717) is 0 Å². The summed E-state index contributed by atoms with van der Waals surface area (Å²) in [5, 5.41) is 6.98. The molecule has 248 valence electrons. The highest BCUT2D eigenvalue weighted by Crippen LogP contribution is 2.41. The maximum atomic E-state index is 6.80. The van der Waals surface area contributed by atoms with Crippen LogP contribution in [0.5, 0.6) is 0 Å². The van der Waals surface area contributed by atoms with Gasteiger partial charge >= 0.3 is 0 Å². The van der Waals surface area contributed by atoms with Crippen LogP contribution in [0.3, 0.4) is 0 Å². The van der Waals surface area contributed by atoms with Crippen molar-refractivity contribution in [3.05, 3.63) is 119 Å². The number of hydrogen-bond donors (Lipinski definition) is 0. The molecule has 0 aliphatic heterocycles. The molecule has 3 aromatic heterocycles. The van der Waals surface area contributed by atoms with Crippen LogP contribution in [0.1, 0.15) is 69.9 Å². The van der Waals surface area contributed by atoms with E-state index < -0.39 is 0 Å². The zero-order chi connectivity index (χ0) is 35.1. The van der Waals surface area contributed by atoms with Crippen LogP contribution in [0.15, 0.2) is 95.5 Å². The van der Waals surface area contributed by atoms with Crippen molar-refractivity contribution < 1.29 is 4.42 Å². The van der Waals surface area contributed by atoms with Gasteiger partial charge in [0.15, 0.2) is 5.82 Å². The average molecular weight is 655 g/mol. The molecule has 3 heterocycles. The normalized spacial score (nSPS) is 12.5.